The van der Waals surface area contributed by atoms with Crippen molar-refractivity contribution in [3.8, 4) is 22.6 Å². The Morgan fingerprint density at radius 3 is 2.11 bits per heavy atom. The van der Waals surface area contributed by atoms with E-state index < -0.39 is 12.0 Å². The molecule has 0 aliphatic carbocycles. The molecule has 0 saturated carbocycles. The smallest absolute Gasteiger partial charge is 0.323 e. The van der Waals surface area contributed by atoms with Crippen molar-refractivity contribution >= 4 is 18.4 Å². The molecule has 154 valence electrons. The van der Waals surface area contributed by atoms with Gasteiger partial charge in [-0.1, -0.05) is 24.3 Å². The van der Waals surface area contributed by atoms with Gasteiger partial charge in [0.1, 0.15) is 17.5 Å². The fourth-order valence-corrected chi connectivity index (χ4v) is 2.92. The van der Waals surface area contributed by atoms with Gasteiger partial charge in [0, 0.05) is 6.61 Å². The van der Waals surface area contributed by atoms with Crippen LogP contribution in [0.4, 0.5) is 0 Å². The van der Waals surface area contributed by atoms with Crippen LogP contribution in [0.5, 0.6) is 11.5 Å². The van der Waals surface area contributed by atoms with Crippen LogP contribution in [0.15, 0.2) is 36.4 Å². The van der Waals surface area contributed by atoms with Crippen LogP contribution in [0.2, 0.25) is 0 Å². The number of esters is 1. The van der Waals surface area contributed by atoms with Crippen LogP contribution in [0.25, 0.3) is 11.1 Å². The van der Waals surface area contributed by atoms with Crippen molar-refractivity contribution in [2.75, 3.05) is 27.4 Å². The van der Waals surface area contributed by atoms with E-state index in [1.165, 1.54) is 0 Å². The number of nitrogens with two attached hydrogens (primary N) is 1. The van der Waals surface area contributed by atoms with Gasteiger partial charge in [-0.15, -0.1) is 12.4 Å². The largest absolute Gasteiger partial charge is 0.496 e. The lowest BCUT2D eigenvalue weighted by atomic mass is 9.97. The van der Waals surface area contributed by atoms with Crippen molar-refractivity contribution in [2.45, 2.75) is 25.8 Å². The summed E-state index contributed by atoms with van der Waals surface area (Å²) in [5.41, 5.74) is 9.52. The third kappa shape index (κ3) is 5.86. The van der Waals surface area contributed by atoms with Gasteiger partial charge in [-0.25, -0.2) is 0 Å². The van der Waals surface area contributed by atoms with Crippen molar-refractivity contribution in [3.05, 3.63) is 47.5 Å². The summed E-state index contributed by atoms with van der Waals surface area (Å²) in [7, 11) is 3.21. The number of carbonyl (C=O) groups is 1. The van der Waals surface area contributed by atoms with Gasteiger partial charge in [-0.05, 0) is 48.6 Å². The van der Waals surface area contributed by atoms with Crippen LogP contribution >= 0.6 is 12.4 Å². The molecule has 6 nitrogen and oxygen atoms in total. The highest BCUT2D eigenvalue weighted by atomic mass is 35.5. The fourth-order valence-electron chi connectivity index (χ4n) is 2.92. The molecular weight excluding hydrogens is 382 g/mol. The number of aliphatic hydroxyl groups is 1. The molecule has 2 aromatic rings. The van der Waals surface area contributed by atoms with E-state index in [0.717, 1.165) is 22.3 Å². The van der Waals surface area contributed by atoms with E-state index >= 15 is 0 Å². The summed E-state index contributed by atoms with van der Waals surface area (Å²) in [6, 6.07) is 10.9. The quantitative estimate of drug-likeness (QED) is 0.619. The standard InChI is InChI=1S/C21H27NO5.ClH/c1-4-27-21(24)17(22)11-14-5-7-16(8-6-14)20-18(25-2)12-15(9-10-23)13-19(20)26-3;/h5-8,12-13,17,23H,4,9-11,22H2,1-3H3;1H/t17-;/m0./s1. The second-order valence-corrected chi connectivity index (χ2v) is 6.11. The molecule has 0 aromatic heterocycles. The summed E-state index contributed by atoms with van der Waals surface area (Å²) in [5, 5.41) is 9.18. The maximum atomic E-state index is 11.7. The van der Waals surface area contributed by atoms with Gasteiger partial charge in [0.15, 0.2) is 0 Å². The summed E-state index contributed by atoms with van der Waals surface area (Å²) in [5.74, 6) is 0.951. The van der Waals surface area contributed by atoms with Crippen molar-refractivity contribution in [1.82, 2.24) is 0 Å². The van der Waals surface area contributed by atoms with Gasteiger partial charge < -0.3 is 25.1 Å². The predicted molar refractivity (Wildman–Crippen MR) is 111 cm³/mol. The molecule has 2 rings (SSSR count). The third-order valence-electron chi connectivity index (χ3n) is 4.25. The van der Waals surface area contributed by atoms with E-state index in [4.69, 9.17) is 19.9 Å². The second-order valence-electron chi connectivity index (χ2n) is 6.11. The SMILES string of the molecule is CCOC(=O)[C@@H](N)Cc1ccc(-c2c(OC)cc(CCO)cc2OC)cc1.Cl. The lowest BCUT2D eigenvalue weighted by molar-refractivity contribution is -0.144. The molecule has 0 bridgehead atoms. The number of carbonyl (C=O) groups excluding carboxylic acids is 1. The average molecular weight is 410 g/mol. The molecule has 0 heterocycles. The fraction of sp³-hybridized carbons (Fsp3) is 0.381. The monoisotopic (exact) mass is 409 g/mol. The maximum Gasteiger partial charge on any atom is 0.323 e. The van der Waals surface area contributed by atoms with Crippen LogP contribution in [-0.4, -0.2) is 44.6 Å². The number of methoxy groups -OCH3 is 2. The Morgan fingerprint density at radius 1 is 1.07 bits per heavy atom. The lowest BCUT2D eigenvalue weighted by Gasteiger charge is -2.16. The Bertz CT molecular complexity index is 739. The zero-order chi connectivity index (χ0) is 19.8. The molecule has 0 aliphatic heterocycles. The van der Waals surface area contributed by atoms with E-state index in [1.807, 2.05) is 36.4 Å². The number of aliphatic hydroxyl groups excluding tert-OH is 1. The van der Waals surface area contributed by atoms with Crippen molar-refractivity contribution in [3.63, 3.8) is 0 Å². The molecule has 0 amide bonds. The molecule has 0 spiro atoms. The van der Waals surface area contributed by atoms with Crippen molar-refractivity contribution in [1.29, 1.82) is 0 Å². The number of hydrogen-bond donors (Lipinski definition) is 2. The molecule has 0 fully saturated rings. The predicted octanol–water partition coefficient (Wildman–Crippen LogP) is 2.76. The van der Waals surface area contributed by atoms with Gasteiger partial charge in [0.25, 0.3) is 0 Å². The average Bonchev–Trinajstić information content (AvgIpc) is 2.68. The molecule has 0 radical (unpaired) electrons. The first-order valence-electron chi connectivity index (χ1n) is 8.91. The first-order valence-corrected chi connectivity index (χ1v) is 8.91. The highest BCUT2D eigenvalue weighted by Gasteiger charge is 2.17. The van der Waals surface area contributed by atoms with Gasteiger partial charge in [0.2, 0.25) is 0 Å². The lowest BCUT2D eigenvalue weighted by Crippen LogP contribution is -2.34. The Labute approximate surface area is 172 Å². The second kappa shape index (κ2) is 11.5. The van der Waals surface area contributed by atoms with Gasteiger partial charge in [-0.2, -0.15) is 0 Å². The maximum absolute atomic E-state index is 11.7. The van der Waals surface area contributed by atoms with E-state index in [1.54, 1.807) is 21.1 Å². The summed E-state index contributed by atoms with van der Waals surface area (Å²) >= 11 is 0. The molecule has 1 atom stereocenters. The number of rotatable bonds is 9. The normalized spacial score (nSPS) is 11.3. The van der Waals surface area contributed by atoms with E-state index in [2.05, 4.69) is 0 Å². The van der Waals surface area contributed by atoms with Gasteiger partial charge in [0.05, 0.1) is 26.4 Å². The first kappa shape index (κ1) is 23.8. The molecule has 2 aromatic carbocycles. The van der Waals surface area contributed by atoms with Crippen LogP contribution in [0.3, 0.4) is 0 Å². The van der Waals surface area contributed by atoms with Crippen LogP contribution in [0.1, 0.15) is 18.1 Å². The van der Waals surface area contributed by atoms with Crippen molar-refractivity contribution < 1.29 is 24.1 Å². The summed E-state index contributed by atoms with van der Waals surface area (Å²) in [6.45, 7) is 2.13. The Hall–Kier alpha value is -2.28. The summed E-state index contributed by atoms with van der Waals surface area (Å²) in [6.07, 6.45) is 0.931. The molecule has 0 aliphatic rings. The number of halogens is 1. The van der Waals surface area contributed by atoms with Crippen LogP contribution in [-0.2, 0) is 22.4 Å². The van der Waals surface area contributed by atoms with Crippen molar-refractivity contribution in [2.24, 2.45) is 5.73 Å². The first-order chi connectivity index (χ1) is 13.0. The Kier molecular flexibility index (Phi) is 9.79. The molecule has 0 unspecified atom stereocenters. The van der Waals surface area contributed by atoms with Crippen LogP contribution in [0, 0.1) is 0 Å². The molecule has 3 N–H and O–H groups in total. The summed E-state index contributed by atoms with van der Waals surface area (Å²) < 4.78 is 16.0. The Morgan fingerprint density at radius 2 is 1.64 bits per heavy atom. The minimum Gasteiger partial charge on any atom is -0.496 e. The molecule has 28 heavy (non-hydrogen) atoms. The zero-order valence-electron chi connectivity index (χ0n) is 16.4. The van der Waals surface area contributed by atoms with E-state index in [-0.39, 0.29) is 19.0 Å². The molecule has 7 heteroatoms. The van der Waals surface area contributed by atoms with E-state index in [9.17, 15) is 9.90 Å². The molecule has 0 saturated heterocycles. The number of ether oxygens (including phenoxy) is 3. The number of benzene rings is 2. The minimum absolute atomic E-state index is 0. The Balaban J connectivity index is 0.00000392. The number of hydrogen-bond acceptors (Lipinski definition) is 6. The van der Waals surface area contributed by atoms with E-state index in [0.29, 0.717) is 30.9 Å². The third-order valence-corrected chi connectivity index (χ3v) is 4.25. The summed E-state index contributed by atoms with van der Waals surface area (Å²) in [4.78, 5) is 11.7. The zero-order valence-corrected chi connectivity index (χ0v) is 17.3. The van der Waals surface area contributed by atoms with Gasteiger partial charge >= 0.3 is 5.97 Å². The van der Waals surface area contributed by atoms with Gasteiger partial charge in [-0.3, -0.25) is 4.79 Å². The van der Waals surface area contributed by atoms with Crippen LogP contribution < -0.4 is 15.2 Å². The minimum atomic E-state index is -0.683. The molecular formula is C21H28ClNO5. The topological polar surface area (TPSA) is 91.0 Å². The highest BCUT2D eigenvalue weighted by Crippen LogP contribution is 2.39. The highest BCUT2D eigenvalue weighted by molar-refractivity contribution is 5.85.